The average molecular weight is 166 g/mol. The van der Waals surface area contributed by atoms with Crippen LogP contribution in [0.15, 0.2) is 11.6 Å². The molecule has 0 radical (unpaired) electrons. The van der Waals surface area contributed by atoms with Crippen molar-refractivity contribution >= 4 is 5.78 Å². The molecule has 0 saturated heterocycles. The number of rotatable bonds is 1. The SMILES string of the molecule is CCC1=C[C@H](C)CC(C)(C)C1=O. The van der Waals surface area contributed by atoms with Crippen molar-refractivity contribution in [1.29, 1.82) is 0 Å². The molecule has 0 heterocycles. The molecule has 1 heteroatoms. The molecule has 0 fully saturated rings. The molecule has 1 aliphatic carbocycles. The third-order valence-electron chi connectivity index (χ3n) is 2.61. The van der Waals surface area contributed by atoms with Crippen LogP contribution in [0.25, 0.3) is 0 Å². The van der Waals surface area contributed by atoms with E-state index in [9.17, 15) is 4.79 Å². The lowest BCUT2D eigenvalue weighted by molar-refractivity contribution is -0.124. The van der Waals surface area contributed by atoms with Crippen LogP contribution >= 0.6 is 0 Å². The minimum Gasteiger partial charge on any atom is -0.294 e. The van der Waals surface area contributed by atoms with Crippen molar-refractivity contribution in [3.05, 3.63) is 11.6 Å². The van der Waals surface area contributed by atoms with Crippen LogP contribution in [0.2, 0.25) is 0 Å². The van der Waals surface area contributed by atoms with Gasteiger partial charge < -0.3 is 0 Å². The summed E-state index contributed by atoms with van der Waals surface area (Å²) in [4.78, 5) is 11.8. The van der Waals surface area contributed by atoms with Crippen LogP contribution in [0.4, 0.5) is 0 Å². The standard InChI is InChI=1S/C11H18O/c1-5-9-6-8(2)7-11(3,4)10(9)12/h6,8H,5,7H2,1-4H3/t8-/m0/s1. The van der Waals surface area contributed by atoms with Gasteiger partial charge in [0.25, 0.3) is 0 Å². The zero-order valence-corrected chi connectivity index (χ0v) is 8.48. The fraction of sp³-hybridized carbons (Fsp3) is 0.727. The first kappa shape index (κ1) is 9.50. The van der Waals surface area contributed by atoms with Crippen LogP contribution in [-0.4, -0.2) is 5.78 Å². The number of Topliss-reactive ketones (excluding diaryl/α,β-unsaturated/α-hetero) is 1. The number of carbonyl (C=O) groups excluding carboxylic acids is 1. The Labute approximate surface area is 74.9 Å². The lowest BCUT2D eigenvalue weighted by Gasteiger charge is -2.31. The second kappa shape index (κ2) is 3.04. The van der Waals surface area contributed by atoms with Crippen LogP contribution in [0.5, 0.6) is 0 Å². The van der Waals surface area contributed by atoms with Gasteiger partial charge in [0.15, 0.2) is 5.78 Å². The van der Waals surface area contributed by atoms with E-state index in [4.69, 9.17) is 0 Å². The van der Waals surface area contributed by atoms with E-state index in [1.807, 2.05) is 0 Å². The van der Waals surface area contributed by atoms with Crippen molar-refractivity contribution in [2.75, 3.05) is 0 Å². The molecule has 0 unspecified atom stereocenters. The summed E-state index contributed by atoms with van der Waals surface area (Å²) in [6.07, 6.45) is 4.01. The van der Waals surface area contributed by atoms with Gasteiger partial charge in [0.2, 0.25) is 0 Å². The summed E-state index contributed by atoms with van der Waals surface area (Å²) in [5.74, 6) is 0.913. The smallest absolute Gasteiger partial charge is 0.164 e. The van der Waals surface area contributed by atoms with Gasteiger partial charge in [-0.1, -0.05) is 33.8 Å². The number of hydrogen-bond acceptors (Lipinski definition) is 1. The van der Waals surface area contributed by atoms with E-state index >= 15 is 0 Å². The molecule has 0 aromatic carbocycles. The van der Waals surface area contributed by atoms with E-state index in [1.165, 1.54) is 0 Å². The number of ketones is 1. The van der Waals surface area contributed by atoms with Crippen molar-refractivity contribution in [1.82, 2.24) is 0 Å². The average Bonchev–Trinajstić information content (AvgIpc) is 1.96. The maximum Gasteiger partial charge on any atom is 0.164 e. The molecule has 1 nitrogen and oxygen atoms in total. The van der Waals surface area contributed by atoms with Gasteiger partial charge in [0, 0.05) is 5.41 Å². The van der Waals surface area contributed by atoms with Crippen LogP contribution in [0.3, 0.4) is 0 Å². The van der Waals surface area contributed by atoms with Crippen molar-refractivity contribution in [2.45, 2.75) is 40.5 Å². The second-order valence-corrected chi connectivity index (χ2v) is 4.44. The lowest BCUT2D eigenvalue weighted by atomic mass is 9.72. The molecule has 0 bridgehead atoms. The van der Waals surface area contributed by atoms with Gasteiger partial charge in [-0.05, 0) is 24.3 Å². The van der Waals surface area contributed by atoms with Gasteiger partial charge in [-0.3, -0.25) is 4.79 Å². The molecule has 68 valence electrons. The topological polar surface area (TPSA) is 17.1 Å². The molecule has 1 aliphatic rings. The predicted octanol–water partition coefficient (Wildman–Crippen LogP) is 2.96. The van der Waals surface area contributed by atoms with Gasteiger partial charge in [-0.25, -0.2) is 0 Å². The van der Waals surface area contributed by atoms with Crippen LogP contribution < -0.4 is 0 Å². The molecule has 0 aromatic rings. The Kier molecular flexibility index (Phi) is 2.41. The maximum atomic E-state index is 11.8. The second-order valence-electron chi connectivity index (χ2n) is 4.44. The third-order valence-corrected chi connectivity index (χ3v) is 2.61. The highest BCUT2D eigenvalue weighted by atomic mass is 16.1. The molecule has 0 saturated carbocycles. The normalized spacial score (nSPS) is 28.5. The summed E-state index contributed by atoms with van der Waals surface area (Å²) in [7, 11) is 0. The van der Waals surface area contributed by atoms with Gasteiger partial charge >= 0.3 is 0 Å². The lowest BCUT2D eigenvalue weighted by Crippen LogP contribution is -2.31. The number of hydrogen-bond donors (Lipinski definition) is 0. The molecule has 1 atom stereocenters. The highest BCUT2D eigenvalue weighted by Crippen LogP contribution is 2.35. The third kappa shape index (κ3) is 1.60. The number of allylic oxidation sites excluding steroid dienone is 2. The Morgan fingerprint density at radius 1 is 1.58 bits per heavy atom. The van der Waals surface area contributed by atoms with E-state index in [2.05, 4.69) is 33.8 Å². The predicted molar refractivity (Wildman–Crippen MR) is 50.9 cm³/mol. The van der Waals surface area contributed by atoms with Crippen molar-refractivity contribution in [2.24, 2.45) is 11.3 Å². The molecule has 0 aromatic heterocycles. The molecule has 0 amide bonds. The molecular weight excluding hydrogens is 148 g/mol. The Bertz CT molecular complexity index is 223. The fourth-order valence-corrected chi connectivity index (χ4v) is 2.09. The Hall–Kier alpha value is -0.590. The summed E-state index contributed by atoms with van der Waals surface area (Å²) in [6, 6.07) is 0. The van der Waals surface area contributed by atoms with E-state index < -0.39 is 0 Å². The van der Waals surface area contributed by atoms with E-state index in [1.54, 1.807) is 0 Å². The molecule has 0 aliphatic heterocycles. The monoisotopic (exact) mass is 166 g/mol. The minimum atomic E-state index is -0.125. The van der Waals surface area contributed by atoms with E-state index in [0.29, 0.717) is 11.7 Å². The van der Waals surface area contributed by atoms with Gasteiger partial charge in [0.1, 0.15) is 0 Å². The summed E-state index contributed by atoms with van der Waals surface area (Å²) < 4.78 is 0. The van der Waals surface area contributed by atoms with Gasteiger partial charge in [-0.2, -0.15) is 0 Å². The van der Waals surface area contributed by atoms with Crippen LogP contribution in [-0.2, 0) is 4.79 Å². The summed E-state index contributed by atoms with van der Waals surface area (Å²) in [5, 5.41) is 0. The first-order valence-corrected chi connectivity index (χ1v) is 4.73. The Morgan fingerprint density at radius 3 is 2.67 bits per heavy atom. The molecule has 12 heavy (non-hydrogen) atoms. The summed E-state index contributed by atoms with van der Waals surface area (Å²) in [6.45, 7) is 8.34. The first-order chi connectivity index (χ1) is 5.47. The minimum absolute atomic E-state index is 0.125. The number of carbonyl (C=O) groups is 1. The summed E-state index contributed by atoms with van der Waals surface area (Å²) >= 11 is 0. The van der Waals surface area contributed by atoms with Crippen molar-refractivity contribution in [3.63, 3.8) is 0 Å². The highest BCUT2D eigenvalue weighted by Gasteiger charge is 2.34. The molecule has 0 spiro atoms. The summed E-state index contributed by atoms with van der Waals surface area (Å²) in [5.41, 5.74) is 0.901. The van der Waals surface area contributed by atoms with Gasteiger partial charge in [-0.15, -0.1) is 0 Å². The van der Waals surface area contributed by atoms with Gasteiger partial charge in [0.05, 0.1) is 0 Å². The largest absolute Gasteiger partial charge is 0.294 e. The zero-order valence-electron chi connectivity index (χ0n) is 8.48. The van der Waals surface area contributed by atoms with E-state index in [0.717, 1.165) is 18.4 Å². The molecule has 0 N–H and O–H groups in total. The first-order valence-electron chi connectivity index (χ1n) is 4.73. The molecular formula is C11H18O. The van der Waals surface area contributed by atoms with Crippen LogP contribution in [0, 0.1) is 11.3 Å². The van der Waals surface area contributed by atoms with Crippen molar-refractivity contribution < 1.29 is 4.79 Å². The fourth-order valence-electron chi connectivity index (χ4n) is 2.09. The zero-order chi connectivity index (χ0) is 9.35. The quantitative estimate of drug-likeness (QED) is 0.585. The highest BCUT2D eigenvalue weighted by molar-refractivity contribution is 6.00. The van der Waals surface area contributed by atoms with E-state index in [-0.39, 0.29) is 5.41 Å². The molecule has 1 rings (SSSR count). The van der Waals surface area contributed by atoms with Crippen LogP contribution in [0.1, 0.15) is 40.5 Å². The Balaban J connectivity index is 2.96. The maximum absolute atomic E-state index is 11.8. The Morgan fingerprint density at radius 2 is 2.17 bits per heavy atom. The van der Waals surface area contributed by atoms with Crippen molar-refractivity contribution in [3.8, 4) is 0 Å².